The minimum atomic E-state index is -0.552. The minimum absolute atomic E-state index is 0.0290. The van der Waals surface area contributed by atoms with Crippen molar-refractivity contribution in [3.05, 3.63) is 0 Å². The van der Waals surface area contributed by atoms with E-state index in [1.165, 1.54) is 0 Å². The van der Waals surface area contributed by atoms with Crippen LogP contribution >= 0.6 is 0 Å². The second-order valence-corrected chi connectivity index (χ2v) is 4.96. The average molecular weight is 216 g/mol. The van der Waals surface area contributed by atoms with Gasteiger partial charge in [0.05, 0.1) is 12.2 Å². The summed E-state index contributed by atoms with van der Waals surface area (Å²) in [4.78, 5) is 0. The molecule has 15 heavy (non-hydrogen) atoms. The molecule has 3 atom stereocenters. The molecule has 0 amide bonds. The highest BCUT2D eigenvalue weighted by Gasteiger charge is 2.54. The zero-order valence-corrected chi connectivity index (χ0v) is 9.66. The second kappa shape index (κ2) is 3.70. The van der Waals surface area contributed by atoms with Crippen LogP contribution in [0.5, 0.6) is 0 Å². The summed E-state index contributed by atoms with van der Waals surface area (Å²) in [5.41, 5.74) is -0.444. The first-order valence-electron chi connectivity index (χ1n) is 5.65. The second-order valence-electron chi connectivity index (χ2n) is 4.96. The summed E-state index contributed by atoms with van der Waals surface area (Å²) in [6, 6.07) is 0. The molecule has 1 N–H and O–H groups in total. The molecule has 3 unspecified atom stereocenters. The topological polar surface area (TPSA) is 47.9 Å². The zero-order chi connectivity index (χ0) is 11.1. The fourth-order valence-electron chi connectivity index (χ4n) is 2.50. The van der Waals surface area contributed by atoms with Crippen LogP contribution in [0, 0.1) is 0 Å². The molecule has 0 spiro atoms. The third kappa shape index (κ3) is 2.04. The van der Waals surface area contributed by atoms with Crippen LogP contribution in [0.4, 0.5) is 0 Å². The maximum absolute atomic E-state index is 9.40. The van der Waals surface area contributed by atoms with E-state index >= 15 is 0 Å². The maximum atomic E-state index is 9.40. The van der Waals surface area contributed by atoms with Gasteiger partial charge in [-0.15, -0.1) is 0 Å². The van der Waals surface area contributed by atoms with E-state index in [-0.39, 0.29) is 19.0 Å². The molecule has 4 nitrogen and oxygen atoms in total. The van der Waals surface area contributed by atoms with Crippen LogP contribution in [0.25, 0.3) is 0 Å². The Bertz CT molecular complexity index is 223. The van der Waals surface area contributed by atoms with E-state index in [1.54, 1.807) is 0 Å². The van der Waals surface area contributed by atoms with Gasteiger partial charge in [0.25, 0.3) is 0 Å². The Balaban J connectivity index is 2.03. The average Bonchev–Trinajstić information content (AvgIpc) is 2.56. The molecule has 0 radical (unpaired) electrons. The van der Waals surface area contributed by atoms with E-state index in [0.717, 1.165) is 19.3 Å². The summed E-state index contributed by atoms with van der Waals surface area (Å²) in [6.45, 7) is 5.89. The highest BCUT2D eigenvalue weighted by molar-refractivity contribution is 4.95. The van der Waals surface area contributed by atoms with Gasteiger partial charge >= 0.3 is 0 Å². The van der Waals surface area contributed by atoms with Crippen LogP contribution in [0.1, 0.15) is 40.0 Å². The number of hydrogen-bond acceptors (Lipinski definition) is 4. The lowest BCUT2D eigenvalue weighted by Gasteiger charge is -2.29. The van der Waals surface area contributed by atoms with E-state index < -0.39 is 11.4 Å². The molecule has 2 fully saturated rings. The number of fused-ring (bicyclic) bond motifs is 1. The van der Waals surface area contributed by atoms with E-state index in [0.29, 0.717) is 0 Å². The van der Waals surface area contributed by atoms with E-state index in [4.69, 9.17) is 14.2 Å². The van der Waals surface area contributed by atoms with Crippen molar-refractivity contribution < 1.29 is 19.3 Å². The highest BCUT2D eigenvalue weighted by atomic mass is 16.8. The maximum Gasteiger partial charge on any atom is 0.187 e. The summed E-state index contributed by atoms with van der Waals surface area (Å²) in [5.74, 6) is -0.552. The fraction of sp³-hybridized carbons (Fsp3) is 1.00. The first-order valence-corrected chi connectivity index (χ1v) is 5.65. The number of ether oxygens (including phenoxy) is 3. The Morgan fingerprint density at radius 3 is 2.53 bits per heavy atom. The van der Waals surface area contributed by atoms with Crippen LogP contribution in [0.2, 0.25) is 0 Å². The van der Waals surface area contributed by atoms with Crippen LogP contribution in [-0.2, 0) is 14.2 Å². The van der Waals surface area contributed by atoms with Gasteiger partial charge in [-0.05, 0) is 20.3 Å². The molecular weight excluding hydrogens is 196 g/mol. The molecule has 0 bridgehead atoms. The standard InChI is InChI=1S/C11H20O4/c1-4-5-11(7-12)6-8-9(15-11)14-10(2,3)13-8/h8-9,12H,4-7H2,1-3H3. The molecule has 0 aromatic rings. The van der Waals surface area contributed by atoms with Crippen molar-refractivity contribution >= 4 is 0 Å². The Labute approximate surface area is 90.5 Å². The molecule has 2 heterocycles. The summed E-state index contributed by atoms with van der Waals surface area (Å²) >= 11 is 0. The van der Waals surface area contributed by atoms with Gasteiger partial charge in [0.15, 0.2) is 12.1 Å². The normalized spacial score (nSPS) is 43.2. The quantitative estimate of drug-likeness (QED) is 0.775. The molecule has 2 saturated heterocycles. The predicted octanol–water partition coefficient (Wildman–Crippen LogP) is 1.42. The van der Waals surface area contributed by atoms with Gasteiger partial charge in [0.1, 0.15) is 6.10 Å². The van der Waals surface area contributed by atoms with Crippen molar-refractivity contribution in [1.29, 1.82) is 0 Å². The van der Waals surface area contributed by atoms with Crippen LogP contribution in [-0.4, -0.2) is 35.5 Å². The highest BCUT2D eigenvalue weighted by Crippen LogP contribution is 2.43. The van der Waals surface area contributed by atoms with Gasteiger partial charge < -0.3 is 19.3 Å². The van der Waals surface area contributed by atoms with Crippen molar-refractivity contribution in [1.82, 2.24) is 0 Å². The molecule has 0 aromatic heterocycles. The monoisotopic (exact) mass is 216 g/mol. The number of rotatable bonds is 3. The molecule has 2 rings (SSSR count). The van der Waals surface area contributed by atoms with Crippen molar-refractivity contribution in [2.45, 2.75) is 63.8 Å². The summed E-state index contributed by atoms with van der Waals surface area (Å²) in [7, 11) is 0. The fourth-order valence-corrected chi connectivity index (χ4v) is 2.50. The number of hydrogen-bond donors (Lipinski definition) is 1. The summed E-state index contributed by atoms with van der Waals surface area (Å²) in [5, 5.41) is 9.40. The smallest absolute Gasteiger partial charge is 0.187 e. The largest absolute Gasteiger partial charge is 0.393 e. The molecule has 2 aliphatic rings. The van der Waals surface area contributed by atoms with Gasteiger partial charge in [-0.3, -0.25) is 0 Å². The lowest BCUT2D eigenvalue weighted by molar-refractivity contribution is -0.231. The van der Waals surface area contributed by atoms with Gasteiger partial charge in [-0.2, -0.15) is 0 Å². The van der Waals surface area contributed by atoms with Gasteiger partial charge in [0.2, 0.25) is 0 Å². The molecular formula is C11H20O4. The molecule has 4 heteroatoms. The van der Waals surface area contributed by atoms with Crippen molar-refractivity contribution in [3.8, 4) is 0 Å². The molecule has 88 valence electrons. The first kappa shape index (κ1) is 11.3. The summed E-state index contributed by atoms with van der Waals surface area (Å²) in [6.07, 6.45) is 2.23. The van der Waals surface area contributed by atoms with Crippen molar-refractivity contribution in [2.24, 2.45) is 0 Å². The Kier molecular flexibility index (Phi) is 2.79. The minimum Gasteiger partial charge on any atom is -0.393 e. The van der Waals surface area contributed by atoms with Crippen molar-refractivity contribution in [2.75, 3.05) is 6.61 Å². The molecule has 0 saturated carbocycles. The number of aliphatic hydroxyl groups is 1. The predicted molar refractivity (Wildman–Crippen MR) is 54.3 cm³/mol. The number of aliphatic hydroxyl groups excluding tert-OH is 1. The van der Waals surface area contributed by atoms with E-state index in [1.807, 2.05) is 13.8 Å². The van der Waals surface area contributed by atoms with Crippen molar-refractivity contribution in [3.63, 3.8) is 0 Å². The first-order chi connectivity index (χ1) is 7.00. The lowest BCUT2D eigenvalue weighted by Crippen LogP contribution is -2.36. The molecule has 2 aliphatic heterocycles. The summed E-state index contributed by atoms with van der Waals surface area (Å²) < 4.78 is 17.1. The lowest BCUT2D eigenvalue weighted by atomic mass is 9.94. The van der Waals surface area contributed by atoms with E-state index in [9.17, 15) is 5.11 Å². The van der Waals surface area contributed by atoms with Gasteiger partial charge in [-0.25, -0.2) is 0 Å². The third-order valence-electron chi connectivity index (χ3n) is 3.07. The van der Waals surface area contributed by atoms with Gasteiger partial charge in [0, 0.05) is 6.42 Å². The Hall–Kier alpha value is -0.160. The zero-order valence-electron chi connectivity index (χ0n) is 9.66. The Morgan fingerprint density at radius 1 is 1.27 bits per heavy atom. The van der Waals surface area contributed by atoms with Crippen LogP contribution < -0.4 is 0 Å². The van der Waals surface area contributed by atoms with Gasteiger partial charge in [-0.1, -0.05) is 13.3 Å². The van der Waals surface area contributed by atoms with E-state index in [2.05, 4.69) is 6.92 Å². The van der Waals surface area contributed by atoms with Crippen LogP contribution in [0.15, 0.2) is 0 Å². The third-order valence-corrected chi connectivity index (χ3v) is 3.07. The van der Waals surface area contributed by atoms with Crippen LogP contribution in [0.3, 0.4) is 0 Å². The Morgan fingerprint density at radius 2 is 2.00 bits per heavy atom. The SMILES string of the molecule is CCCC1(CO)CC2OC(C)(C)OC2O1. The molecule has 0 aromatic carbocycles. The molecule has 0 aliphatic carbocycles.